The van der Waals surface area contributed by atoms with Crippen molar-refractivity contribution in [1.29, 1.82) is 0 Å². The van der Waals surface area contributed by atoms with Crippen molar-refractivity contribution in [2.45, 2.75) is 64.8 Å². The molecule has 0 aliphatic carbocycles. The van der Waals surface area contributed by atoms with Gasteiger partial charge in [-0.2, -0.15) is 0 Å². The lowest BCUT2D eigenvalue weighted by atomic mass is 10.1. The molecule has 9 nitrogen and oxygen atoms in total. The Kier molecular flexibility index (Phi) is 9.29. The minimum Gasteiger partial charge on any atom is -0.467 e. The molecule has 0 unspecified atom stereocenters. The second-order valence-electron chi connectivity index (χ2n) is 7.87. The van der Waals surface area contributed by atoms with E-state index in [1.54, 1.807) is 20.8 Å². The molecule has 1 rings (SSSR count). The lowest BCUT2D eigenvalue weighted by Crippen LogP contribution is -2.54. The van der Waals surface area contributed by atoms with E-state index in [-0.39, 0.29) is 6.42 Å². The molecule has 0 spiro atoms. The number of carbonyl (C=O) groups excluding carboxylic acids is 4. The van der Waals surface area contributed by atoms with E-state index in [1.807, 2.05) is 30.3 Å². The fraction of sp³-hybridized carbons (Fsp3) is 0.524. The molecule has 0 bridgehead atoms. The highest BCUT2D eigenvalue weighted by Crippen LogP contribution is 2.07. The van der Waals surface area contributed by atoms with E-state index in [4.69, 9.17) is 9.47 Å². The molecule has 0 radical (unpaired) electrons. The van der Waals surface area contributed by atoms with Crippen molar-refractivity contribution in [2.75, 3.05) is 7.11 Å². The second-order valence-corrected chi connectivity index (χ2v) is 7.87. The molecule has 1 aromatic rings. The van der Waals surface area contributed by atoms with Crippen molar-refractivity contribution < 1.29 is 28.7 Å². The summed E-state index contributed by atoms with van der Waals surface area (Å²) in [6.45, 7) is 8.06. The molecule has 0 aliphatic heterocycles. The first-order valence-corrected chi connectivity index (χ1v) is 9.65. The summed E-state index contributed by atoms with van der Waals surface area (Å²) in [5.41, 5.74) is 0.148. The van der Waals surface area contributed by atoms with Crippen molar-refractivity contribution in [3.63, 3.8) is 0 Å². The van der Waals surface area contributed by atoms with E-state index in [9.17, 15) is 19.2 Å². The van der Waals surface area contributed by atoms with Gasteiger partial charge in [-0.3, -0.25) is 9.59 Å². The number of carbonyl (C=O) groups is 4. The molecule has 9 heteroatoms. The van der Waals surface area contributed by atoms with Crippen LogP contribution in [-0.2, 0) is 30.3 Å². The fourth-order valence-corrected chi connectivity index (χ4v) is 2.44. The monoisotopic (exact) mass is 421 g/mol. The van der Waals surface area contributed by atoms with E-state index < -0.39 is 47.6 Å². The predicted molar refractivity (Wildman–Crippen MR) is 111 cm³/mol. The van der Waals surface area contributed by atoms with Crippen LogP contribution in [0.5, 0.6) is 0 Å². The van der Waals surface area contributed by atoms with Gasteiger partial charge in [-0.25, -0.2) is 9.59 Å². The molecule has 1 aromatic carbocycles. The Labute approximate surface area is 176 Å². The number of hydrogen-bond donors (Lipinski definition) is 3. The Morgan fingerprint density at radius 3 is 1.97 bits per heavy atom. The summed E-state index contributed by atoms with van der Waals surface area (Å²) in [7, 11) is 1.24. The van der Waals surface area contributed by atoms with Gasteiger partial charge < -0.3 is 25.4 Å². The Bertz CT molecular complexity index is 745. The van der Waals surface area contributed by atoms with E-state index in [0.717, 1.165) is 5.56 Å². The molecule has 0 aromatic heterocycles. The van der Waals surface area contributed by atoms with Crippen molar-refractivity contribution in [3.05, 3.63) is 35.9 Å². The Morgan fingerprint density at radius 2 is 1.43 bits per heavy atom. The summed E-state index contributed by atoms with van der Waals surface area (Å²) in [6.07, 6.45) is -0.493. The summed E-state index contributed by atoms with van der Waals surface area (Å²) in [5.74, 6) is -1.72. The molecule has 3 amide bonds. The van der Waals surface area contributed by atoms with Gasteiger partial charge in [0.25, 0.3) is 0 Å². The number of methoxy groups -OCH3 is 1. The van der Waals surface area contributed by atoms with Crippen LogP contribution in [0.4, 0.5) is 4.79 Å². The van der Waals surface area contributed by atoms with E-state index in [0.29, 0.717) is 0 Å². The summed E-state index contributed by atoms with van der Waals surface area (Å²) >= 11 is 0. The van der Waals surface area contributed by atoms with Gasteiger partial charge in [0.2, 0.25) is 11.8 Å². The van der Waals surface area contributed by atoms with Gasteiger partial charge in [0.05, 0.1) is 7.11 Å². The van der Waals surface area contributed by atoms with Gasteiger partial charge in [-0.1, -0.05) is 30.3 Å². The zero-order valence-corrected chi connectivity index (χ0v) is 18.3. The van der Waals surface area contributed by atoms with Gasteiger partial charge >= 0.3 is 12.1 Å². The van der Waals surface area contributed by atoms with Crippen molar-refractivity contribution in [3.8, 4) is 0 Å². The number of nitrogens with one attached hydrogen (secondary N) is 3. The third kappa shape index (κ3) is 8.93. The molecule has 3 atom stereocenters. The normalized spacial score (nSPS) is 13.9. The summed E-state index contributed by atoms with van der Waals surface area (Å²) in [4.78, 5) is 48.6. The average molecular weight is 421 g/mol. The predicted octanol–water partition coefficient (Wildman–Crippen LogP) is 1.30. The van der Waals surface area contributed by atoms with Crippen LogP contribution in [0.1, 0.15) is 40.2 Å². The SMILES string of the molecule is COC(=O)[C@H](Cc1ccccc1)NC(=O)[C@H](C)NC(=O)[C@H](C)NC(=O)OC(C)(C)C. The minimum absolute atomic E-state index is 0.247. The summed E-state index contributed by atoms with van der Waals surface area (Å²) in [5, 5.41) is 7.49. The maximum atomic E-state index is 12.5. The summed E-state index contributed by atoms with van der Waals surface area (Å²) in [6, 6.07) is 6.40. The smallest absolute Gasteiger partial charge is 0.408 e. The highest BCUT2D eigenvalue weighted by atomic mass is 16.6. The van der Waals surface area contributed by atoms with Crippen LogP contribution in [0.3, 0.4) is 0 Å². The van der Waals surface area contributed by atoms with Gasteiger partial charge in [0, 0.05) is 6.42 Å². The third-order valence-electron chi connectivity index (χ3n) is 3.96. The molecule has 0 fully saturated rings. The van der Waals surface area contributed by atoms with Crippen LogP contribution in [0, 0.1) is 0 Å². The maximum absolute atomic E-state index is 12.5. The Morgan fingerprint density at radius 1 is 0.900 bits per heavy atom. The Hall–Kier alpha value is -3.10. The number of benzene rings is 1. The topological polar surface area (TPSA) is 123 Å². The molecule has 0 saturated heterocycles. The van der Waals surface area contributed by atoms with Crippen LogP contribution in [-0.4, -0.2) is 54.7 Å². The van der Waals surface area contributed by atoms with Crippen molar-refractivity contribution in [2.24, 2.45) is 0 Å². The van der Waals surface area contributed by atoms with E-state index in [1.165, 1.54) is 21.0 Å². The highest BCUT2D eigenvalue weighted by molar-refractivity contribution is 5.92. The van der Waals surface area contributed by atoms with Crippen LogP contribution >= 0.6 is 0 Å². The lowest BCUT2D eigenvalue weighted by Gasteiger charge is -2.23. The molecule has 166 valence electrons. The van der Waals surface area contributed by atoms with Gasteiger partial charge in [0.15, 0.2) is 0 Å². The Balaban J connectivity index is 2.64. The molecular weight excluding hydrogens is 390 g/mol. The molecule has 3 N–H and O–H groups in total. The number of hydrogen-bond acceptors (Lipinski definition) is 6. The number of ether oxygens (including phenoxy) is 2. The largest absolute Gasteiger partial charge is 0.467 e. The number of esters is 1. The van der Waals surface area contributed by atoms with E-state index in [2.05, 4.69) is 16.0 Å². The molecule has 0 aliphatic rings. The average Bonchev–Trinajstić information content (AvgIpc) is 2.65. The first kappa shape index (κ1) is 24.9. The number of amides is 3. The van der Waals surface area contributed by atoms with Crippen molar-refractivity contribution in [1.82, 2.24) is 16.0 Å². The zero-order chi connectivity index (χ0) is 22.9. The van der Waals surface area contributed by atoms with Crippen LogP contribution < -0.4 is 16.0 Å². The van der Waals surface area contributed by atoms with Crippen LogP contribution in [0.2, 0.25) is 0 Å². The van der Waals surface area contributed by atoms with Crippen LogP contribution in [0.15, 0.2) is 30.3 Å². The van der Waals surface area contributed by atoms with Crippen LogP contribution in [0.25, 0.3) is 0 Å². The molecular formula is C21H31N3O6. The minimum atomic E-state index is -0.941. The number of alkyl carbamates (subject to hydrolysis) is 1. The van der Waals surface area contributed by atoms with Gasteiger partial charge in [-0.05, 0) is 40.2 Å². The molecule has 30 heavy (non-hydrogen) atoms. The number of rotatable bonds is 8. The quantitative estimate of drug-likeness (QED) is 0.544. The van der Waals surface area contributed by atoms with Gasteiger partial charge in [-0.15, -0.1) is 0 Å². The second kappa shape index (κ2) is 11.2. The zero-order valence-electron chi connectivity index (χ0n) is 18.3. The first-order valence-electron chi connectivity index (χ1n) is 9.65. The van der Waals surface area contributed by atoms with E-state index >= 15 is 0 Å². The first-order chi connectivity index (χ1) is 13.9. The fourth-order valence-electron chi connectivity index (χ4n) is 2.44. The molecule has 0 heterocycles. The van der Waals surface area contributed by atoms with Gasteiger partial charge in [0.1, 0.15) is 23.7 Å². The van der Waals surface area contributed by atoms with Crippen molar-refractivity contribution >= 4 is 23.9 Å². The summed E-state index contributed by atoms with van der Waals surface area (Å²) < 4.78 is 9.86. The highest BCUT2D eigenvalue weighted by Gasteiger charge is 2.27. The standard InChI is InChI=1S/C21H31N3O6/c1-13(22-17(25)14(2)23-20(28)30-21(3,4)5)18(26)24-16(19(27)29-6)12-15-10-8-7-9-11-15/h7-11,13-14,16H,12H2,1-6H3,(H,22,25)(H,23,28)(H,24,26)/t13-,14-,16-/m0/s1. The molecule has 0 saturated carbocycles. The third-order valence-corrected chi connectivity index (χ3v) is 3.96. The maximum Gasteiger partial charge on any atom is 0.408 e. The lowest BCUT2D eigenvalue weighted by molar-refractivity contribution is -0.145.